The number of carbonyl (C=O) groups is 2. The molecular formula is C15H20N2O3. The van der Waals surface area contributed by atoms with Crippen molar-refractivity contribution in [1.29, 1.82) is 0 Å². The molecule has 0 bridgehead atoms. The number of hydrogen-bond donors (Lipinski definition) is 3. The Balaban J connectivity index is 2.24. The van der Waals surface area contributed by atoms with Gasteiger partial charge in [-0.25, -0.2) is 4.79 Å². The second-order valence-electron chi connectivity index (χ2n) is 5.47. The highest BCUT2D eigenvalue weighted by atomic mass is 16.4. The summed E-state index contributed by atoms with van der Waals surface area (Å²) >= 11 is 0. The number of anilines is 1. The van der Waals surface area contributed by atoms with Crippen LogP contribution in [0, 0.1) is 6.92 Å². The Morgan fingerprint density at radius 2 is 1.90 bits per heavy atom. The summed E-state index contributed by atoms with van der Waals surface area (Å²) in [5.41, 5.74) is 6.34. The average molecular weight is 276 g/mol. The number of benzene rings is 1. The largest absolute Gasteiger partial charge is 0.478 e. The van der Waals surface area contributed by atoms with Gasteiger partial charge < -0.3 is 16.2 Å². The summed E-state index contributed by atoms with van der Waals surface area (Å²) in [5, 5.41) is 11.9. The lowest BCUT2D eigenvalue weighted by molar-refractivity contribution is -0.122. The quantitative estimate of drug-likeness (QED) is 0.789. The number of rotatable bonds is 3. The number of amides is 1. The maximum Gasteiger partial charge on any atom is 0.338 e. The SMILES string of the molecule is Cc1cccc(NC(=O)C2(N)CCCCC2)c1C(=O)O. The van der Waals surface area contributed by atoms with Crippen LogP contribution in [0.3, 0.4) is 0 Å². The summed E-state index contributed by atoms with van der Waals surface area (Å²) in [6, 6.07) is 5.03. The lowest BCUT2D eigenvalue weighted by atomic mass is 9.82. The van der Waals surface area contributed by atoms with Crippen LogP contribution in [-0.4, -0.2) is 22.5 Å². The molecule has 1 fully saturated rings. The van der Waals surface area contributed by atoms with Crippen molar-refractivity contribution in [2.45, 2.75) is 44.6 Å². The molecule has 0 unspecified atom stereocenters. The smallest absolute Gasteiger partial charge is 0.338 e. The molecule has 0 heterocycles. The molecule has 1 aromatic carbocycles. The van der Waals surface area contributed by atoms with E-state index in [1.54, 1.807) is 25.1 Å². The van der Waals surface area contributed by atoms with Gasteiger partial charge in [0.25, 0.3) is 0 Å². The van der Waals surface area contributed by atoms with Crippen molar-refractivity contribution < 1.29 is 14.7 Å². The summed E-state index contributed by atoms with van der Waals surface area (Å²) in [6.07, 6.45) is 4.25. The standard InChI is InChI=1S/C15H20N2O3/c1-10-6-5-7-11(12(10)13(18)19)17-14(20)15(16)8-3-2-4-9-15/h5-7H,2-4,8-9,16H2,1H3,(H,17,20)(H,18,19). The molecule has 20 heavy (non-hydrogen) atoms. The van der Waals surface area contributed by atoms with Crippen molar-refractivity contribution in [3.8, 4) is 0 Å². The molecule has 1 saturated carbocycles. The van der Waals surface area contributed by atoms with E-state index in [4.69, 9.17) is 5.73 Å². The van der Waals surface area contributed by atoms with Crippen LogP contribution in [0.25, 0.3) is 0 Å². The predicted octanol–water partition coefficient (Wildman–Crippen LogP) is 2.29. The topological polar surface area (TPSA) is 92.4 Å². The summed E-state index contributed by atoms with van der Waals surface area (Å²) in [7, 11) is 0. The van der Waals surface area contributed by atoms with Gasteiger partial charge in [-0.1, -0.05) is 31.4 Å². The zero-order valence-corrected chi connectivity index (χ0v) is 11.6. The van der Waals surface area contributed by atoms with Gasteiger partial charge in [-0.3, -0.25) is 4.79 Å². The fraction of sp³-hybridized carbons (Fsp3) is 0.467. The molecule has 1 aliphatic carbocycles. The summed E-state index contributed by atoms with van der Waals surface area (Å²) in [4.78, 5) is 23.6. The molecule has 5 nitrogen and oxygen atoms in total. The van der Waals surface area contributed by atoms with Gasteiger partial charge in [0.15, 0.2) is 0 Å². The highest BCUT2D eigenvalue weighted by Crippen LogP contribution is 2.28. The van der Waals surface area contributed by atoms with Crippen molar-refractivity contribution in [2.75, 3.05) is 5.32 Å². The molecule has 2 rings (SSSR count). The first-order valence-electron chi connectivity index (χ1n) is 6.87. The first-order chi connectivity index (χ1) is 9.44. The van der Waals surface area contributed by atoms with E-state index in [1.807, 2.05) is 0 Å². The van der Waals surface area contributed by atoms with E-state index in [-0.39, 0.29) is 11.5 Å². The van der Waals surface area contributed by atoms with E-state index < -0.39 is 11.5 Å². The van der Waals surface area contributed by atoms with E-state index in [0.29, 0.717) is 24.1 Å². The zero-order valence-electron chi connectivity index (χ0n) is 11.6. The molecule has 1 aromatic rings. The van der Waals surface area contributed by atoms with Gasteiger partial charge in [-0.05, 0) is 31.4 Å². The van der Waals surface area contributed by atoms with Crippen LogP contribution < -0.4 is 11.1 Å². The molecule has 1 aliphatic rings. The van der Waals surface area contributed by atoms with E-state index in [1.165, 1.54) is 0 Å². The molecule has 4 N–H and O–H groups in total. The van der Waals surface area contributed by atoms with Gasteiger partial charge >= 0.3 is 5.97 Å². The van der Waals surface area contributed by atoms with Gasteiger partial charge in [-0.2, -0.15) is 0 Å². The normalized spacial score (nSPS) is 17.5. The van der Waals surface area contributed by atoms with Gasteiger partial charge in [0.1, 0.15) is 0 Å². The number of carbonyl (C=O) groups excluding carboxylic acids is 1. The number of aromatic carboxylic acids is 1. The van der Waals surface area contributed by atoms with Crippen molar-refractivity contribution in [1.82, 2.24) is 0 Å². The van der Waals surface area contributed by atoms with Crippen LogP contribution in [0.4, 0.5) is 5.69 Å². The van der Waals surface area contributed by atoms with Crippen LogP contribution >= 0.6 is 0 Å². The second kappa shape index (κ2) is 5.63. The van der Waals surface area contributed by atoms with Crippen LogP contribution in [-0.2, 0) is 4.79 Å². The van der Waals surface area contributed by atoms with Crippen molar-refractivity contribution in [2.24, 2.45) is 5.73 Å². The van der Waals surface area contributed by atoms with E-state index >= 15 is 0 Å². The third-order valence-corrected chi connectivity index (χ3v) is 3.93. The van der Waals surface area contributed by atoms with Crippen molar-refractivity contribution >= 4 is 17.6 Å². The number of carboxylic acid groups (broad SMARTS) is 1. The molecule has 108 valence electrons. The van der Waals surface area contributed by atoms with Crippen molar-refractivity contribution in [3.05, 3.63) is 29.3 Å². The Morgan fingerprint density at radius 3 is 2.50 bits per heavy atom. The molecule has 0 spiro atoms. The third-order valence-electron chi connectivity index (χ3n) is 3.93. The monoisotopic (exact) mass is 276 g/mol. The molecule has 0 atom stereocenters. The zero-order chi connectivity index (χ0) is 14.8. The van der Waals surface area contributed by atoms with Crippen LogP contribution in [0.1, 0.15) is 48.0 Å². The first kappa shape index (κ1) is 14.5. The van der Waals surface area contributed by atoms with Crippen LogP contribution in [0.5, 0.6) is 0 Å². The van der Waals surface area contributed by atoms with E-state index in [2.05, 4.69) is 5.32 Å². The minimum absolute atomic E-state index is 0.125. The highest BCUT2D eigenvalue weighted by molar-refractivity contribution is 6.04. The summed E-state index contributed by atoms with van der Waals surface area (Å²) in [5.74, 6) is -1.33. The maximum atomic E-state index is 12.3. The lowest BCUT2D eigenvalue weighted by Gasteiger charge is -2.32. The first-order valence-corrected chi connectivity index (χ1v) is 6.87. The Bertz CT molecular complexity index is 534. The Kier molecular flexibility index (Phi) is 4.09. The fourth-order valence-corrected chi connectivity index (χ4v) is 2.71. The molecule has 1 amide bonds. The van der Waals surface area contributed by atoms with Gasteiger partial charge in [-0.15, -0.1) is 0 Å². The number of aryl methyl sites for hydroxylation is 1. The molecule has 5 heteroatoms. The summed E-state index contributed by atoms with van der Waals surface area (Å²) < 4.78 is 0. The molecule has 0 saturated heterocycles. The van der Waals surface area contributed by atoms with E-state index in [9.17, 15) is 14.7 Å². The maximum absolute atomic E-state index is 12.3. The second-order valence-corrected chi connectivity index (χ2v) is 5.47. The Labute approximate surface area is 118 Å². The Morgan fingerprint density at radius 1 is 1.25 bits per heavy atom. The number of carboxylic acids is 1. The highest BCUT2D eigenvalue weighted by Gasteiger charge is 2.35. The van der Waals surface area contributed by atoms with Crippen molar-refractivity contribution in [3.63, 3.8) is 0 Å². The average Bonchev–Trinajstić information content (AvgIpc) is 2.39. The van der Waals surface area contributed by atoms with Crippen LogP contribution in [0.2, 0.25) is 0 Å². The van der Waals surface area contributed by atoms with E-state index in [0.717, 1.165) is 19.3 Å². The van der Waals surface area contributed by atoms with Crippen LogP contribution in [0.15, 0.2) is 18.2 Å². The molecule has 0 radical (unpaired) electrons. The van der Waals surface area contributed by atoms with Gasteiger partial charge in [0, 0.05) is 0 Å². The van der Waals surface area contributed by atoms with Gasteiger partial charge in [0.05, 0.1) is 16.8 Å². The minimum atomic E-state index is -1.05. The fourth-order valence-electron chi connectivity index (χ4n) is 2.71. The molecule has 0 aromatic heterocycles. The Hall–Kier alpha value is -1.88. The molecular weight excluding hydrogens is 256 g/mol. The number of hydrogen-bond acceptors (Lipinski definition) is 3. The third kappa shape index (κ3) is 2.82. The number of nitrogens with two attached hydrogens (primary N) is 1. The predicted molar refractivity (Wildman–Crippen MR) is 76.8 cm³/mol. The minimum Gasteiger partial charge on any atom is -0.478 e. The van der Waals surface area contributed by atoms with Gasteiger partial charge in [0.2, 0.25) is 5.91 Å². The number of nitrogens with one attached hydrogen (secondary N) is 1. The molecule has 0 aliphatic heterocycles. The lowest BCUT2D eigenvalue weighted by Crippen LogP contribution is -2.52. The summed E-state index contributed by atoms with van der Waals surface area (Å²) in [6.45, 7) is 1.71.